The van der Waals surface area contributed by atoms with E-state index in [4.69, 9.17) is 14.2 Å². The summed E-state index contributed by atoms with van der Waals surface area (Å²) in [5.74, 6) is -0.740. The van der Waals surface area contributed by atoms with E-state index in [0.717, 1.165) is 31.2 Å². The second-order valence-electron chi connectivity index (χ2n) is 11.5. The standard InChI is InChI=1S/C30H42N2O7/c1-19(31-28(35)22-12-13-38-17-22)26(33)16-23(14-21-8-10-24(37-3)11-9-21)29(36)32-25(15-20-6-4-5-7-20)27(34)30(2)18-39-30/h8-11,19-20,22-23,25H,4-7,12-18H2,1-3H3,(H,31,35)(H,32,36)/t19-,22-,23-,25+,30-/m1/s1. The number of hydrogen-bond donors (Lipinski definition) is 2. The highest BCUT2D eigenvalue weighted by Crippen LogP contribution is 2.34. The summed E-state index contributed by atoms with van der Waals surface area (Å²) in [7, 11) is 1.59. The zero-order valence-corrected chi connectivity index (χ0v) is 23.3. The van der Waals surface area contributed by atoms with Gasteiger partial charge in [-0.25, -0.2) is 0 Å². The van der Waals surface area contributed by atoms with E-state index in [1.807, 2.05) is 24.3 Å². The molecule has 0 bridgehead atoms. The average Bonchev–Trinajstić information content (AvgIpc) is 3.32. The highest BCUT2D eigenvalue weighted by atomic mass is 16.6. The molecule has 5 atom stereocenters. The number of nitrogens with one attached hydrogen (secondary N) is 2. The van der Waals surface area contributed by atoms with Crippen LogP contribution < -0.4 is 15.4 Å². The van der Waals surface area contributed by atoms with Crippen molar-refractivity contribution in [2.75, 3.05) is 26.9 Å². The molecule has 0 aromatic heterocycles. The van der Waals surface area contributed by atoms with Gasteiger partial charge in [0, 0.05) is 18.9 Å². The van der Waals surface area contributed by atoms with E-state index in [1.165, 1.54) is 0 Å². The third-order valence-electron chi connectivity index (χ3n) is 8.38. The third kappa shape index (κ3) is 7.88. The molecule has 0 radical (unpaired) electrons. The van der Waals surface area contributed by atoms with Crippen molar-refractivity contribution in [2.45, 2.75) is 82.9 Å². The van der Waals surface area contributed by atoms with Crippen LogP contribution in [0.25, 0.3) is 0 Å². The lowest BCUT2D eigenvalue weighted by molar-refractivity contribution is -0.135. The van der Waals surface area contributed by atoms with E-state index in [0.29, 0.717) is 50.8 Å². The molecule has 1 aliphatic carbocycles. The number of amides is 2. The molecule has 4 rings (SSSR count). The third-order valence-corrected chi connectivity index (χ3v) is 8.38. The normalized spacial score (nSPS) is 24.9. The predicted octanol–water partition coefficient (Wildman–Crippen LogP) is 2.78. The summed E-state index contributed by atoms with van der Waals surface area (Å²) in [6.45, 7) is 4.67. The van der Waals surface area contributed by atoms with Gasteiger partial charge < -0.3 is 24.8 Å². The van der Waals surface area contributed by atoms with Crippen LogP contribution in [0.5, 0.6) is 5.75 Å². The Bertz CT molecular complexity index is 1020. The molecule has 2 amide bonds. The molecule has 1 saturated carbocycles. The number of ether oxygens (including phenoxy) is 3. The van der Waals surface area contributed by atoms with Gasteiger partial charge in [-0.1, -0.05) is 37.8 Å². The first kappa shape index (κ1) is 29.2. The molecule has 1 aromatic carbocycles. The van der Waals surface area contributed by atoms with Crippen molar-refractivity contribution < 1.29 is 33.4 Å². The molecule has 214 valence electrons. The summed E-state index contributed by atoms with van der Waals surface area (Å²) in [5, 5.41) is 5.81. The Morgan fingerprint density at radius 1 is 1.08 bits per heavy atom. The van der Waals surface area contributed by atoms with E-state index >= 15 is 0 Å². The van der Waals surface area contributed by atoms with E-state index in [2.05, 4.69) is 10.6 Å². The largest absolute Gasteiger partial charge is 0.497 e. The first-order valence-electron chi connectivity index (χ1n) is 14.2. The minimum Gasteiger partial charge on any atom is -0.497 e. The number of hydrogen-bond acceptors (Lipinski definition) is 7. The molecular weight excluding hydrogens is 500 g/mol. The van der Waals surface area contributed by atoms with Crippen molar-refractivity contribution in [3.8, 4) is 5.75 Å². The Morgan fingerprint density at radius 2 is 1.77 bits per heavy atom. The van der Waals surface area contributed by atoms with Crippen LogP contribution in [-0.2, 0) is 35.1 Å². The van der Waals surface area contributed by atoms with Crippen molar-refractivity contribution >= 4 is 23.4 Å². The van der Waals surface area contributed by atoms with Gasteiger partial charge in [0.15, 0.2) is 11.6 Å². The number of methoxy groups -OCH3 is 1. The van der Waals surface area contributed by atoms with Gasteiger partial charge in [-0.3, -0.25) is 19.2 Å². The second kappa shape index (κ2) is 13.0. The lowest BCUT2D eigenvalue weighted by atomic mass is 9.88. The van der Waals surface area contributed by atoms with Crippen molar-refractivity contribution in [3.63, 3.8) is 0 Å². The average molecular weight is 543 g/mol. The molecule has 0 spiro atoms. The molecular formula is C30H42N2O7. The molecule has 3 fully saturated rings. The number of ketones is 2. The Hall–Kier alpha value is -2.78. The molecule has 2 N–H and O–H groups in total. The van der Waals surface area contributed by atoms with Crippen LogP contribution in [0.3, 0.4) is 0 Å². The topological polar surface area (TPSA) is 123 Å². The highest BCUT2D eigenvalue weighted by molar-refractivity contribution is 5.98. The highest BCUT2D eigenvalue weighted by Gasteiger charge is 2.50. The number of carbonyl (C=O) groups excluding carboxylic acids is 4. The van der Waals surface area contributed by atoms with Crippen molar-refractivity contribution in [3.05, 3.63) is 29.8 Å². The molecule has 1 aromatic rings. The van der Waals surface area contributed by atoms with Crippen molar-refractivity contribution in [1.82, 2.24) is 10.6 Å². The van der Waals surface area contributed by atoms with Crippen LogP contribution >= 0.6 is 0 Å². The molecule has 2 saturated heterocycles. The maximum atomic E-state index is 13.7. The predicted molar refractivity (Wildman–Crippen MR) is 144 cm³/mol. The van der Waals surface area contributed by atoms with Gasteiger partial charge in [-0.2, -0.15) is 0 Å². The SMILES string of the molecule is COc1ccc(C[C@H](CC(=O)[C@@H](C)NC(=O)[C@@H]2CCOC2)C(=O)N[C@@H](CC2CCCC2)C(=O)[C@@]2(C)CO2)cc1. The molecule has 9 nitrogen and oxygen atoms in total. The van der Waals surface area contributed by atoms with Crippen LogP contribution in [0.15, 0.2) is 24.3 Å². The van der Waals surface area contributed by atoms with Gasteiger partial charge >= 0.3 is 0 Å². The first-order valence-corrected chi connectivity index (χ1v) is 14.2. The number of carbonyl (C=O) groups is 4. The number of epoxide rings is 1. The van der Waals surface area contributed by atoms with Gasteiger partial charge in [0.05, 0.1) is 38.3 Å². The molecule has 9 heteroatoms. The second-order valence-corrected chi connectivity index (χ2v) is 11.5. The zero-order valence-electron chi connectivity index (χ0n) is 23.3. The van der Waals surface area contributed by atoms with Gasteiger partial charge in [-0.05, 0) is 56.7 Å². The monoisotopic (exact) mass is 542 g/mol. The van der Waals surface area contributed by atoms with Crippen LogP contribution in [0.2, 0.25) is 0 Å². The van der Waals surface area contributed by atoms with E-state index < -0.39 is 23.6 Å². The molecule has 2 heterocycles. The molecule has 0 unspecified atom stereocenters. The number of Topliss-reactive ketones (excluding diaryl/α,β-unsaturated/α-hetero) is 2. The van der Waals surface area contributed by atoms with Gasteiger partial charge in [0.1, 0.15) is 11.4 Å². The fourth-order valence-electron chi connectivity index (χ4n) is 5.60. The Balaban J connectivity index is 1.46. The number of benzene rings is 1. The summed E-state index contributed by atoms with van der Waals surface area (Å²) >= 11 is 0. The van der Waals surface area contributed by atoms with Gasteiger partial charge in [-0.15, -0.1) is 0 Å². The smallest absolute Gasteiger partial charge is 0.226 e. The first-order chi connectivity index (χ1) is 18.7. The summed E-state index contributed by atoms with van der Waals surface area (Å²) in [6.07, 6.45) is 5.85. The minimum atomic E-state index is -0.847. The fourth-order valence-corrected chi connectivity index (χ4v) is 5.60. The summed E-state index contributed by atoms with van der Waals surface area (Å²) in [5.41, 5.74) is 0.0281. The van der Waals surface area contributed by atoms with Crippen LogP contribution in [0.4, 0.5) is 0 Å². The van der Waals surface area contributed by atoms with E-state index in [1.54, 1.807) is 21.0 Å². The molecule has 3 aliphatic rings. The quantitative estimate of drug-likeness (QED) is 0.347. The van der Waals surface area contributed by atoms with Gasteiger partial charge in [0.2, 0.25) is 11.8 Å². The number of rotatable bonds is 14. The summed E-state index contributed by atoms with van der Waals surface area (Å²) in [6, 6.07) is 5.98. The Morgan fingerprint density at radius 3 is 2.36 bits per heavy atom. The zero-order chi connectivity index (χ0) is 28.0. The maximum Gasteiger partial charge on any atom is 0.226 e. The van der Waals surface area contributed by atoms with Crippen LogP contribution in [0.1, 0.15) is 64.4 Å². The molecule has 2 aliphatic heterocycles. The van der Waals surface area contributed by atoms with Gasteiger partial charge in [0.25, 0.3) is 0 Å². The summed E-state index contributed by atoms with van der Waals surface area (Å²) in [4.78, 5) is 52.8. The lowest BCUT2D eigenvalue weighted by Gasteiger charge is -2.26. The molecule has 39 heavy (non-hydrogen) atoms. The van der Waals surface area contributed by atoms with Crippen molar-refractivity contribution in [1.29, 1.82) is 0 Å². The maximum absolute atomic E-state index is 13.7. The Labute approximate surface area is 230 Å². The van der Waals surface area contributed by atoms with Crippen LogP contribution in [0, 0.1) is 17.8 Å². The fraction of sp³-hybridized carbons (Fsp3) is 0.667. The summed E-state index contributed by atoms with van der Waals surface area (Å²) < 4.78 is 16.0. The lowest BCUT2D eigenvalue weighted by Crippen LogP contribution is -2.50. The Kier molecular flexibility index (Phi) is 9.77. The van der Waals surface area contributed by atoms with Crippen molar-refractivity contribution in [2.24, 2.45) is 17.8 Å². The van der Waals surface area contributed by atoms with E-state index in [9.17, 15) is 19.2 Å². The minimum absolute atomic E-state index is 0.0570. The van der Waals surface area contributed by atoms with Crippen LogP contribution in [-0.4, -0.2) is 68.0 Å². The van der Waals surface area contributed by atoms with E-state index in [-0.39, 0.29) is 35.7 Å².